The highest BCUT2D eigenvalue weighted by molar-refractivity contribution is 6.36. The van der Waals surface area contributed by atoms with Crippen LogP contribution in [0.4, 0.5) is 11.4 Å². The molecule has 0 saturated heterocycles. The zero-order chi connectivity index (χ0) is 16.4. The lowest BCUT2D eigenvalue weighted by atomic mass is 10.1. The third-order valence-corrected chi connectivity index (χ3v) is 4.68. The molecule has 1 unspecified atom stereocenters. The van der Waals surface area contributed by atoms with E-state index in [1.165, 1.54) is 11.3 Å². The van der Waals surface area contributed by atoms with E-state index in [0.29, 0.717) is 34.7 Å². The summed E-state index contributed by atoms with van der Waals surface area (Å²) < 4.78 is 0. The number of para-hydroxylation sites is 1. The minimum absolute atomic E-state index is 0.0502. The summed E-state index contributed by atoms with van der Waals surface area (Å²) in [6, 6.07) is 13.8. The SMILES string of the molecule is CC1Cc2ccccc2N1CCC(=O)Nc1ccc(Cl)cc1Cl. The highest BCUT2D eigenvalue weighted by atomic mass is 35.5. The summed E-state index contributed by atoms with van der Waals surface area (Å²) in [4.78, 5) is 14.5. The second kappa shape index (κ2) is 6.81. The quantitative estimate of drug-likeness (QED) is 0.862. The summed E-state index contributed by atoms with van der Waals surface area (Å²) in [5, 5.41) is 3.85. The number of hydrogen-bond donors (Lipinski definition) is 1. The second-order valence-electron chi connectivity index (χ2n) is 5.80. The number of carbonyl (C=O) groups excluding carboxylic acids is 1. The third-order valence-electron chi connectivity index (χ3n) is 4.13. The van der Waals surface area contributed by atoms with Gasteiger partial charge in [0.1, 0.15) is 0 Å². The molecule has 0 radical (unpaired) electrons. The Morgan fingerprint density at radius 2 is 2.04 bits per heavy atom. The van der Waals surface area contributed by atoms with Crippen LogP contribution in [0.2, 0.25) is 10.0 Å². The Kier molecular flexibility index (Phi) is 4.79. The van der Waals surface area contributed by atoms with Gasteiger partial charge in [-0.15, -0.1) is 0 Å². The summed E-state index contributed by atoms with van der Waals surface area (Å²) in [7, 11) is 0. The van der Waals surface area contributed by atoms with Gasteiger partial charge in [0.25, 0.3) is 0 Å². The van der Waals surface area contributed by atoms with Crippen LogP contribution >= 0.6 is 23.2 Å². The lowest BCUT2D eigenvalue weighted by Gasteiger charge is -2.24. The van der Waals surface area contributed by atoms with E-state index >= 15 is 0 Å². The first-order valence-corrected chi connectivity index (χ1v) is 8.39. The molecule has 2 aromatic rings. The molecule has 0 saturated carbocycles. The van der Waals surface area contributed by atoms with E-state index in [9.17, 15) is 4.79 Å². The normalized spacial score (nSPS) is 16.3. The first-order valence-electron chi connectivity index (χ1n) is 7.64. The second-order valence-corrected chi connectivity index (χ2v) is 6.64. The standard InChI is InChI=1S/C18H18Cl2N2O/c1-12-10-13-4-2-3-5-17(13)22(12)9-8-18(23)21-16-7-6-14(19)11-15(16)20/h2-7,11-12H,8-10H2,1H3,(H,21,23). The molecule has 0 aromatic heterocycles. The van der Waals surface area contributed by atoms with Gasteiger partial charge in [-0.2, -0.15) is 0 Å². The molecule has 1 atom stereocenters. The topological polar surface area (TPSA) is 32.3 Å². The monoisotopic (exact) mass is 348 g/mol. The highest BCUT2D eigenvalue weighted by Crippen LogP contribution is 2.32. The van der Waals surface area contributed by atoms with Gasteiger partial charge in [-0.1, -0.05) is 41.4 Å². The summed E-state index contributed by atoms with van der Waals surface area (Å²) >= 11 is 11.9. The molecule has 1 aliphatic heterocycles. The largest absolute Gasteiger partial charge is 0.368 e. The van der Waals surface area contributed by atoms with Gasteiger partial charge in [-0.05, 0) is 43.2 Å². The molecule has 1 N–H and O–H groups in total. The Bertz CT molecular complexity index is 733. The van der Waals surface area contributed by atoms with Crippen molar-refractivity contribution in [2.45, 2.75) is 25.8 Å². The predicted molar refractivity (Wildman–Crippen MR) is 96.7 cm³/mol. The van der Waals surface area contributed by atoms with Crippen molar-refractivity contribution in [2.24, 2.45) is 0 Å². The van der Waals surface area contributed by atoms with Gasteiger partial charge in [-0.3, -0.25) is 4.79 Å². The fraction of sp³-hybridized carbons (Fsp3) is 0.278. The molecule has 0 spiro atoms. The average Bonchev–Trinajstić information content (AvgIpc) is 2.83. The van der Waals surface area contributed by atoms with Crippen molar-refractivity contribution in [2.75, 3.05) is 16.8 Å². The minimum Gasteiger partial charge on any atom is -0.368 e. The summed E-state index contributed by atoms with van der Waals surface area (Å²) in [5.74, 6) is -0.0502. The molecule has 3 rings (SSSR count). The van der Waals surface area contributed by atoms with Crippen LogP contribution in [0.25, 0.3) is 0 Å². The molecule has 0 aliphatic carbocycles. The van der Waals surface area contributed by atoms with E-state index in [-0.39, 0.29) is 5.91 Å². The smallest absolute Gasteiger partial charge is 0.226 e. The maximum atomic E-state index is 12.2. The Morgan fingerprint density at radius 1 is 1.26 bits per heavy atom. The molecular formula is C18H18Cl2N2O. The molecule has 1 aliphatic rings. The fourth-order valence-electron chi connectivity index (χ4n) is 3.00. The lowest BCUT2D eigenvalue weighted by Crippen LogP contribution is -2.32. The van der Waals surface area contributed by atoms with Crippen molar-refractivity contribution in [3.8, 4) is 0 Å². The fourth-order valence-corrected chi connectivity index (χ4v) is 3.45. The molecule has 0 fully saturated rings. The molecule has 120 valence electrons. The summed E-state index contributed by atoms with van der Waals surface area (Å²) in [6.07, 6.45) is 1.44. The lowest BCUT2D eigenvalue weighted by molar-refractivity contribution is -0.116. The first kappa shape index (κ1) is 16.2. The van der Waals surface area contributed by atoms with Crippen molar-refractivity contribution in [3.05, 3.63) is 58.1 Å². The van der Waals surface area contributed by atoms with Gasteiger partial charge >= 0.3 is 0 Å². The van der Waals surface area contributed by atoms with Crippen LogP contribution in [0.5, 0.6) is 0 Å². The van der Waals surface area contributed by atoms with Crippen LogP contribution in [0.3, 0.4) is 0 Å². The molecule has 0 bridgehead atoms. The molecule has 23 heavy (non-hydrogen) atoms. The highest BCUT2D eigenvalue weighted by Gasteiger charge is 2.25. The zero-order valence-electron chi connectivity index (χ0n) is 12.9. The molecule has 2 aromatic carbocycles. The predicted octanol–water partition coefficient (Wildman–Crippen LogP) is 4.77. The number of rotatable bonds is 4. The number of carbonyl (C=O) groups is 1. The van der Waals surface area contributed by atoms with Crippen molar-refractivity contribution < 1.29 is 4.79 Å². The van der Waals surface area contributed by atoms with Crippen LogP contribution in [-0.2, 0) is 11.2 Å². The third kappa shape index (κ3) is 3.62. The molecular weight excluding hydrogens is 331 g/mol. The van der Waals surface area contributed by atoms with Crippen molar-refractivity contribution >= 4 is 40.5 Å². The summed E-state index contributed by atoms with van der Waals surface area (Å²) in [6.45, 7) is 2.88. The van der Waals surface area contributed by atoms with Gasteiger partial charge in [-0.25, -0.2) is 0 Å². The molecule has 1 heterocycles. The van der Waals surface area contributed by atoms with Gasteiger partial charge < -0.3 is 10.2 Å². The van der Waals surface area contributed by atoms with Gasteiger partial charge in [0.2, 0.25) is 5.91 Å². The summed E-state index contributed by atoms with van der Waals surface area (Å²) in [5.41, 5.74) is 3.18. The van der Waals surface area contributed by atoms with Gasteiger partial charge in [0.15, 0.2) is 0 Å². The van der Waals surface area contributed by atoms with Crippen LogP contribution in [0.15, 0.2) is 42.5 Å². The minimum atomic E-state index is -0.0502. The molecule has 3 nitrogen and oxygen atoms in total. The molecule has 1 amide bonds. The number of anilines is 2. The van der Waals surface area contributed by atoms with Crippen molar-refractivity contribution in [1.82, 2.24) is 0 Å². The maximum absolute atomic E-state index is 12.2. The number of benzene rings is 2. The van der Waals surface area contributed by atoms with E-state index in [1.807, 2.05) is 6.07 Å². The number of nitrogens with one attached hydrogen (secondary N) is 1. The van der Waals surface area contributed by atoms with Gasteiger partial charge in [0.05, 0.1) is 10.7 Å². The molecule has 5 heteroatoms. The average molecular weight is 349 g/mol. The van der Waals surface area contributed by atoms with Crippen LogP contribution < -0.4 is 10.2 Å². The zero-order valence-corrected chi connectivity index (χ0v) is 14.4. The number of nitrogens with zero attached hydrogens (tertiary/aromatic N) is 1. The Hall–Kier alpha value is -1.71. The maximum Gasteiger partial charge on any atom is 0.226 e. The number of amides is 1. The number of hydrogen-bond acceptors (Lipinski definition) is 2. The van der Waals surface area contributed by atoms with E-state index in [1.54, 1.807) is 18.2 Å². The van der Waals surface area contributed by atoms with Crippen LogP contribution in [0, 0.1) is 0 Å². The van der Waals surface area contributed by atoms with E-state index < -0.39 is 0 Å². The Balaban J connectivity index is 1.61. The number of fused-ring (bicyclic) bond motifs is 1. The van der Waals surface area contributed by atoms with E-state index in [4.69, 9.17) is 23.2 Å². The Labute approximate surface area is 146 Å². The van der Waals surface area contributed by atoms with Crippen LogP contribution in [0.1, 0.15) is 18.9 Å². The van der Waals surface area contributed by atoms with E-state index in [2.05, 4.69) is 35.3 Å². The van der Waals surface area contributed by atoms with Crippen molar-refractivity contribution in [1.29, 1.82) is 0 Å². The first-order chi connectivity index (χ1) is 11.0. The Morgan fingerprint density at radius 3 is 2.83 bits per heavy atom. The van der Waals surface area contributed by atoms with Gasteiger partial charge in [0, 0.05) is 29.7 Å². The number of halogens is 2. The van der Waals surface area contributed by atoms with Crippen LogP contribution in [-0.4, -0.2) is 18.5 Å². The van der Waals surface area contributed by atoms with Crippen molar-refractivity contribution in [3.63, 3.8) is 0 Å². The van der Waals surface area contributed by atoms with E-state index in [0.717, 1.165) is 6.42 Å².